The standard InChI is InChI=1S/C8H7N3O3/c9-11-6-2-1-4(7(12)13)3-5(6)10-8(11)14/h1-3H,9H2,(H,10,14)(H,12,13). The zero-order valence-electron chi connectivity index (χ0n) is 7.02. The van der Waals surface area contributed by atoms with Crippen LogP contribution in [0.4, 0.5) is 0 Å². The second kappa shape index (κ2) is 2.63. The molecule has 72 valence electrons. The van der Waals surface area contributed by atoms with Crippen LogP contribution in [0.5, 0.6) is 0 Å². The number of nitrogens with zero attached hydrogens (tertiary/aromatic N) is 1. The van der Waals surface area contributed by atoms with Crippen LogP contribution in [0, 0.1) is 0 Å². The van der Waals surface area contributed by atoms with E-state index in [2.05, 4.69) is 4.98 Å². The van der Waals surface area contributed by atoms with Gasteiger partial charge in [0.1, 0.15) is 0 Å². The van der Waals surface area contributed by atoms with Crippen LogP contribution in [0.25, 0.3) is 11.0 Å². The number of nitrogens with two attached hydrogens (primary N) is 1. The Kier molecular flexibility index (Phi) is 1.57. The number of aromatic carboxylic acids is 1. The fraction of sp³-hybridized carbons (Fsp3) is 0. The van der Waals surface area contributed by atoms with E-state index in [-0.39, 0.29) is 5.56 Å². The number of fused-ring (bicyclic) bond motifs is 1. The van der Waals surface area contributed by atoms with Crippen molar-refractivity contribution in [3.05, 3.63) is 34.2 Å². The molecule has 6 heteroatoms. The van der Waals surface area contributed by atoms with Gasteiger partial charge < -0.3 is 15.9 Å². The molecule has 0 bridgehead atoms. The van der Waals surface area contributed by atoms with Crippen LogP contribution in [-0.4, -0.2) is 20.7 Å². The molecule has 14 heavy (non-hydrogen) atoms. The van der Waals surface area contributed by atoms with Crippen molar-refractivity contribution in [1.82, 2.24) is 9.66 Å². The van der Waals surface area contributed by atoms with Gasteiger partial charge in [0, 0.05) is 0 Å². The number of hydrogen-bond donors (Lipinski definition) is 3. The summed E-state index contributed by atoms with van der Waals surface area (Å²) in [5.74, 6) is 4.35. The first-order chi connectivity index (χ1) is 6.59. The van der Waals surface area contributed by atoms with E-state index < -0.39 is 11.7 Å². The number of carboxylic acids is 1. The van der Waals surface area contributed by atoms with Crippen molar-refractivity contribution in [2.75, 3.05) is 5.84 Å². The third-order valence-corrected chi connectivity index (χ3v) is 1.96. The largest absolute Gasteiger partial charge is 0.478 e. The first kappa shape index (κ1) is 8.36. The summed E-state index contributed by atoms with van der Waals surface area (Å²) in [6.45, 7) is 0. The molecule has 0 aliphatic rings. The fourth-order valence-corrected chi connectivity index (χ4v) is 1.26. The summed E-state index contributed by atoms with van der Waals surface area (Å²) in [5.41, 5.74) is 0.527. The van der Waals surface area contributed by atoms with Crippen LogP contribution >= 0.6 is 0 Å². The lowest BCUT2D eigenvalue weighted by molar-refractivity contribution is 0.0697. The number of nitrogen functional groups attached to an aromatic ring is 1. The lowest BCUT2D eigenvalue weighted by Gasteiger charge is -1.95. The molecular weight excluding hydrogens is 186 g/mol. The van der Waals surface area contributed by atoms with Gasteiger partial charge in [0.05, 0.1) is 16.6 Å². The third-order valence-electron chi connectivity index (χ3n) is 1.96. The van der Waals surface area contributed by atoms with Gasteiger partial charge in [-0.05, 0) is 18.2 Å². The van der Waals surface area contributed by atoms with Crippen molar-refractivity contribution in [2.45, 2.75) is 0 Å². The minimum Gasteiger partial charge on any atom is -0.478 e. The highest BCUT2D eigenvalue weighted by Gasteiger charge is 2.07. The summed E-state index contributed by atoms with van der Waals surface area (Å²) < 4.78 is 0.932. The number of nitrogens with one attached hydrogen (secondary N) is 1. The second-order valence-corrected chi connectivity index (χ2v) is 2.84. The van der Waals surface area contributed by atoms with Crippen LogP contribution in [0.1, 0.15) is 10.4 Å². The van der Waals surface area contributed by atoms with Crippen molar-refractivity contribution in [1.29, 1.82) is 0 Å². The summed E-state index contributed by atoms with van der Waals surface area (Å²) in [7, 11) is 0. The minimum atomic E-state index is -1.04. The summed E-state index contributed by atoms with van der Waals surface area (Å²) in [5, 5.41) is 8.69. The average Bonchev–Trinajstić information content (AvgIpc) is 2.42. The average molecular weight is 193 g/mol. The van der Waals surface area contributed by atoms with E-state index in [9.17, 15) is 9.59 Å². The Hall–Kier alpha value is -2.24. The highest BCUT2D eigenvalue weighted by atomic mass is 16.4. The zero-order valence-corrected chi connectivity index (χ0v) is 7.02. The Balaban J connectivity index is 2.80. The van der Waals surface area contributed by atoms with Crippen molar-refractivity contribution in [3.8, 4) is 0 Å². The maximum Gasteiger partial charge on any atom is 0.344 e. The number of imidazole rings is 1. The number of benzene rings is 1. The van der Waals surface area contributed by atoms with Gasteiger partial charge in [-0.15, -0.1) is 0 Å². The third kappa shape index (κ3) is 1.05. The number of hydrogen-bond acceptors (Lipinski definition) is 3. The van der Waals surface area contributed by atoms with Crippen LogP contribution in [-0.2, 0) is 0 Å². The molecule has 2 rings (SSSR count). The second-order valence-electron chi connectivity index (χ2n) is 2.84. The van der Waals surface area contributed by atoms with Gasteiger partial charge >= 0.3 is 11.7 Å². The maximum absolute atomic E-state index is 11.1. The molecule has 1 aromatic carbocycles. The van der Waals surface area contributed by atoms with Crippen LogP contribution in [0.2, 0.25) is 0 Å². The van der Waals surface area contributed by atoms with Gasteiger partial charge in [-0.3, -0.25) is 0 Å². The molecule has 2 aromatic rings. The molecule has 4 N–H and O–H groups in total. The molecule has 1 aromatic heterocycles. The van der Waals surface area contributed by atoms with Gasteiger partial charge in [0.15, 0.2) is 0 Å². The van der Waals surface area contributed by atoms with Crippen molar-refractivity contribution >= 4 is 17.0 Å². The Morgan fingerprint density at radius 3 is 2.86 bits per heavy atom. The Bertz CT molecular complexity index is 567. The molecule has 0 spiro atoms. The smallest absolute Gasteiger partial charge is 0.344 e. The number of H-pyrrole nitrogens is 1. The van der Waals surface area contributed by atoms with E-state index in [0.717, 1.165) is 4.68 Å². The summed E-state index contributed by atoms with van der Waals surface area (Å²) in [6.07, 6.45) is 0. The van der Waals surface area contributed by atoms with Gasteiger partial charge in [-0.2, -0.15) is 0 Å². The van der Waals surface area contributed by atoms with Crippen LogP contribution in [0.3, 0.4) is 0 Å². The lowest BCUT2D eigenvalue weighted by atomic mass is 10.2. The summed E-state index contributed by atoms with van der Waals surface area (Å²) in [6, 6.07) is 4.24. The predicted molar refractivity (Wildman–Crippen MR) is 49.7 cm³/mol. The number of carboxylic acid groups (broad SMARTS) is 1. The van der Waals surface area contributed by atoms with E-state index in [0.29, 0.717) is 11.0 Å². The molecule has 1 heterocycles. The Morgan fingerprint density at radius 1 is 1.50 bits per heavy atom. The molecule has 0 atom stereocenters. The molecule has 0 unspecified atom stereocenters. The van der Waals surface area contributed by atoms with Crippen molar-refractivity contribution in [3.63, 3.8) is 0 Å². The lowest BCUT2D eigenvalue weighted by Crippen LogP contribution is -2.23. The Labute approximate surface area is 77.5 Å². The molecule has 0 aliphatic heterocycles. The molecule has 0 aliphatic carbocycles. The minimum absolute atomic E-state index is 0.111. The van der Waals surface area contributed by atoms with E-state index in [4.69, 9.17) is 10.9 Å². The highest BCUT2D eigenvalue weighted by Crippen LogP contribution is 2.10. The molecule has 0 amide bonds. The van der Waals surface area contributed by atoms with E-state index >= 15 is 0 Å². The van der Waals surface area contributed by atoms with Crippen molar-refractivity contribution < 1.29 is 9.90 Å². The molecule has 0 saturated heterocycles. The number of aromatic amines is 1. The predicted octanol–water partition coefficient (Wildman–Crippen LogP) is -0.258. The van der Waals surface area contributed by atoms with E-state index in [1.54, 1.807) is 0 Å². The van der Waals surface area contributed by atoms with Crippen molar-refractivity contribution in [2.24, 2.45) is 0 Å². The van der Waals surface area contributed by atoms with Gasteiger partial charge in [0.25, 0.3) is 0 Å². The summed E-state index contributed by atoms with van der Waals surface area (Å²) >= 11 is 0. The quantitative estimate of drug-likeness (QED) is 0.543. The first-order valence-electron chi connectivity index (χ1n) is 3.83. The summed E-state index contributed by atoms with van der Waals surface area (Å²) in [4.78, 5) is 24.1. The molecule has 6 nitrogen and oxygen atoms in total. The van der Waals surface area contributed by atoms with Crippen LogP contribution < -0.4 is 11.5 Å². The fourth-order valence-electron chi connectivity index (χ4n) is 1.26. The van der Waals surface area contributed by atoms with Gasteiger partial charge in [0.2, 0.25) is 0 Å². The van der Waals surface area contributed by atoms with E-state index in [1.165, 1.54) is 18.2 Å². The van der Waals surface area contributed by atoms with Gasteiger partial charge in [-0.1, -0.05) is 0 Å². The van der Waals surface area contributed by atoms with Gasteiger partial charge in [-0.25, -0.2) is 14.3 Å². The first-order valence-corrected chi connectivity index (χ1v) is 3.83. The molecule has 0 radical (unpaired) electrons. The number of carbonyl (C=O) groups is 1. The molecular formula is C8H7N3O3. The topological polar surface area (TPSA) is 101 Å². The molecule has 0 saturated carbocycles. The number of rotatable bonds is 1. The monoisotopic (exact) mass is 193 g/mol. The zero-order chi connectivity index (χ0) is 10.3. The molecule has 0 fully saturated rings. The normalized spacial score (nSPS) is 10.6. The Morgan fingerprint density at radius 2 is 2.21 bits per heavy atom. The number of aromatic nitrogens is 2. The highest BCUT2D eigenvalue weighted by molar-refractivity contribution is 5.92. The SMILES string of the molecule is Nn1c(=O)[nH]c2cc(C(=O)O)ccc21. The maximum atomic E-state index is 11.1. The van der Waals surface area contributed by atoms with Crippen LogP contribution in [0.15, 0.2) is 23.0 Å². The van der Waals surface area contributed by atoms with E-state index in [1.807, 2.05) is 0 Å².